The van der Waals surface area contributed by atoms with E-state index in [0.29, 0.717) is 21.3 Å². The van der Waals surface area contributed by atoms with Gasteiger partial charge in [0, 0.05) is 16.5 Å². The van der Waals surface area contributed by atoms with Crippen molar-refractivity contribution in [3.8, 4) is 0 Å². The first kappa shape index (κ1) is 11.6. The maximum absolute atomic E-state index is 12.0. The van der Waals surface area contributed by atoms with Gasteiger partial charge in [0.1, 0.15) is 0 Å². The number of hydrogen-bond donors (Lipinski definition) is 0. The maximum atomic E-state index is 12.0. The Hall–Kier alpha value is -0.830. The molecule has 2 aromatic rings. The van der Waals surface area contributed by atoms with Gasteiger partial charge in [0.2, 0.25) is 5.78 Å². The molecule has 1 nitrogen and oxygen atoms in total. The minimum atomic E-state index is 0.0121. The van der Waals surface area contributed by atoms with Gasteiger partial charge in [-0.2, -0.15) is 0 Å². The van der Waals surface area contributed by atoms with Crippen LogP contribution >= 0.6 is 34.5 Å². The molecule has 2 rings (SSSR count). The summed E-state index contributed by atoms with van der Waals surface area (Å²) in [6.45, 7) is 0. The standard InChI is InChI=1S/C12H8Cl2OS/c13-6-8-5-11(16-7-8)12(15)9-1-3-10(14)4-2-9/h1-5,7H,6H2. The Morgan fingerprint density at radius 2 is 1.94 bits per heavy atom. The first-order chi connectivity index (χ1) is 7.70. The highest BCUT2D eigenvalue weighted by Gasteiger charge is 2.11. The van der Waals surface area contributed by atoms with E-state index in [4.69, 9.17) is 23.2 Å². The highest BCUT2D eigenvalue weighted by atomic mass is 35.5. The van der Waals surface area contributed by atoms with Gasteiger partial charge in [0.25, 0.3) is 0 Å². The first-order valence-corrected chi connectivity index (χ1v) is 6.43. The molecular formula is C12H8Cl2OS. The van der Waals surface area contributed by atoms with Crippen molar-refractivity contribution in [2.75, 3.05) is 0 Å². The molecule has 0 unspecified atom stereocenters. The molecule has 0 fully saturated rings. The molecule has 1 aromatic heterocycles. The van der Waals surface area contributed by atoms with Crippen LogP contribution in [0.15, 0.2) is 35.7 Å². The summed E-state index contributed by atoms with van der Waals surface area (Å²) in [6, 6.07) is 8.71. The third-order valence-corrected chi connectivity index (χ3v) is 3.68. The van der Waals surface area contributed by atoms with Crippen LogP contribution in [-0.4, -0.2) is 5.78 Å². The number of benzene rings is 1. The van der Waals surface area contributed by atoms with Gasteiger partial charge in [-0.15, -0.1) is 22.9 Å². The third-order valence-electron chi connectivity index (χ3n) is 2.14. The van der Waals surface area contributed by atoms with Crippen LogP contribution in [-0.2, 0) is 5.88 Å². The highest BCUT2D eigenvalue weighted by molar-refractivity contribution is 7.12. The third kappa shape index (κ3) is 2.46. The monoisotopic (exact) mass is 270 g/mol. The molecule has 0 aliphatic carbocycles. The molecule has 0 saturated carbocycles. The van der Waals surface area contributed by atoms with Crippen LogP contribution in [0.3, 0.4) is 0 Å². The molecule has 4 heteroatoms. The van der Waals surface area contributed by atoms with Crippen LogP contribution < -0.4 is 0 Å². The van der Waals surface area contributed by atoms with Crippen LogP contribution in [0, 0.1) is 0 Å². The summed E-state index contributed by atoms with van der Waals surface area (Å²) in [5.41, 5.74) is 1.62. The van der Waals surface area contributed by atoms with Crippen molar-refractivity contribution in [2.24, 2.45) is 0 Å². The van der Waals surface area contributed by atoms with Gasteiger partial charge >= 0.3 is 0 Å². The molecule has 16 heavy (non-hydrogen) atoms. The van der Waals surface area contributed by atoms with Crippen molar-refractivity contribution >= 4 is 40.3 Å². The average molecular weight is 271 g/mol. The molecule has 0 bridgehead atoms. The summed E-state index contributed by atoms with van der Waals surface area (Å²) in [7, 11) is 0. The van der Waals surface area contributed by atoms with E-state index in [2.05, 4.69) is 0 Å². The van der Waals surface area contributed by atoms with Gasteiger partial charge in [0.05, 0.1) is 4.88 Å². The van der Waals surface area contributed by atoms with E-state index >= 15 is 0 Å². The number of halogens is 2. The van der Waals surface area contributed by atoms with Crippen molar-refractivity contribution in [1.82, 2.24) is 0 Å². The highest BCUT2D eigenvalue weighted by Crippen LogP contribution is 2.20. The number of carbonyl (C=O) groups is 1. The van der Waals surface area contributed by atoms with E-state index in [0.717, 1.165) is 5.56 Å². The fourth-order valence-corrected chi connectivity index (χ4v) is 2.55. The number of hydrogen-bond acceptors (Lipinski definition) is 2. The molecule has 0 saturated heterocycles. The van der Waals surface area contributed by atoms with Crippen LogP contribution in [0.4, 0.5) is 0 Å². The SMILES string of the molecule is O=C(c1ccc(Cl)cc1)c1cc(CCl)cs1. The van der Waals surface area contributed by atoms with E-state index in [1.165, 1.54) is 11.3 Å². The van der Waals surface area contributed by atoms with E-state index in [9.17, 15) is 4.79 Å². The molecule has 0 aliphatic rings. The summed E-state index contributed by atoms with van der Waals surface area (Å²) in [4.78, 5) is 12.7. The minimum Gasteiger partial charge on any atom is -0.288 e. The number of rotatable bonds is 3. The zero-order chi connectivity index (χ0) is 11.5. The molecule has 82 valence electrons. The largest absolute Gasteiger partial charge is 0.288 e. The van der Waals surface area contributed by atoms with Crippen molar-refractivity contribution < 1.29 is 4.79 Å². The van der Waals surface area contributed by atoms with Crippen molar-refractivity contribution in [2.45, 2.75) is 5.88 Å². The van der Waals surface area contributed by atoms with Gasteiger partial charge < -0.3 is 0 Å². The fourth-order valence-electron chi connectivity index (χ4n) is 1.31. The van der Waals surface area contributed by atoms with Crippen LogP contribution in [0.2, 0.25) is 5.02 Å². The Morgan fingerprint density at radius 3 is 2.50 bits per heavy atom. The second-order valence-electron chi connectivity index (χ2n) is 3.29. The van der Waals surface area contributed by atoms with Crippen molar-refractivity contribution in [3.63, 3.8) is 0 Å². The summed E-state index contributed by atoms with van der Waals surface area (Å²) in [5.74, 6) is 0.447. The lowest BCUT2D eigenvalue weighted by atomic mass is 10.1. The van der Waals surface area contributed by atoms with Crippen LogP contribution in [0.5, 0.6) is 0 Å². The molecule has 1 heterocycles. The topological polar surface area (TPSA) is 17.1 Å². The first-order valence-electron chi connectivity index (χ1n) is 4.64. The normalized spacial score (nSPS) is 10.4. The Morgan fingerprint density at radius 1 is 1.25 bits per heavy atom. The molecular weight excluding hydrogens is 263 g/mol. The molecule has 0 aliphatic heterocycles. The summed E-state index contributed by atoms with van der Waals surface area (Å²) in [5, 5.41) is 2.53. The zero-order valence-electron chi connectivity index (χ0n) is 8.24. The zero-order valence-corrected chi connectivity index (χ0v) is 10.6. The second-order valence-corrected chi connectivity index (χ2v) is 4.90. The number of carbonyl (C=O) groups excluding carboxylic acids is 1. The Bertz CT molecular complexity index is 502. The van der Waals surface area contributed by atoms with E-state index in [1.54, 1.807) is 24.3 Å². The lowest BCUT2D eigenvalue weighted by Gasteiger charge is -1.97. The maximum Gasteiger partial charge on any atom is 0.202 e. The number of alkyl halides is 1. The Kier molecular flexibility index (Phi) is 3.64. The van der Waals surface area contributed by atoms with Gasteiger partial charge in [-0.25, -0.2) is 0 Å². The molecule has 0 atom stereocenters. The smallest absolute Gasteiger partial charge is 0.202 e. The summed E-state index contributed by atoms with van der Waals surface area (Å²) >= 11 is 12.9. The van der Waals surface area contributed by atoms with Gasteiger partial charge in [0.15, 0.2) is 0 Å². The van der Waals surface area contributed by atoms with Gasteiger partial charge in [-0.1, -0.05) is 11.6 Å². The quantitative estimate of drug-likeness (QED) is 0.598. The van der Waals surface area contributed by atoms with E-state index in [-0.39, 0.29) is 5.78 Å². The lowest BCUT2D eigenvalue weighted by Crippen LogP contribution is -1.97. The predicted molar refractivity (Wildman–Crippen MR) is 68.8 cm³/mol. The van der Waals surface area contributed by atoms with E-state index in [1.807, 2.05) is 11.4 Å². The molecule has 0 amide bonds. The summed E-state index contributed by atoms with van der Waals surface area (Å²) < 4.78 is 0. The van der Waals surface area contributed by atoms with Gasteiger partial charge in [-0.05, 0) is 41.3 Å². The summed E-state index contributed by atoms with van der Waals surface area (Å²) in [6.07, 6.45) is 0. The number of thiophene rings is 1. The van der Waals surface area contributed by atoms with E-state index < -0.39 is 0 Å². The van der Waals surface area contributed by atoms with Crippen LogP contribution in [0.1, 0.15) is 20.8 Å². The minimum absolute atomic E-state index is 0.0121. The van der Waals surface area contributed by atoms with Crippen molar-refractivity contribution in [1.29, 1.82) is 0 Å². The van der Waals surface area contributed by atoms with Crippen LogP contribution in [0.25, 0.3) is 0 Å². The Labute approximate surface area is 108 Å². The molecule has 1 aromatic carbocycles. The number of ketones is 1. The predicted octanol–water partition coefficient (Wildman–Crippen LogP) is 4.37. The molecule has 0 radical (unpaired) electrons. The second kappa shape index (κ2) is 5.00. The molecule has 0 spiro atoms. The average Bonchev–Trinajstić information content (AvgIpc) is 2.77. The Balaban J connectivity index is 2.28. The van der Waals surface area contributed by atoms with Gasteiger partial charge in [-0.3, -0.25) is 4.79 Å². The lowest BCUT2D eigenvalue weighted by molar-refractivity contribution is 0.104. The fraction of sp³-hybridized carbons (Fsp3) is 0.0833. The molecule has 0 N–H and O–H groups in total. The van der Waals surface area contributed by atoms with Crippen molar-refractivity contribution in [3.05, 3.63) is 56.7 Å².